The lowest BCUT2D eigenvalue weighted by atomic mass is 10.2. The van der Waals surface area contributed by atoms with Gasteiger partial charge in [-0.05, 0) is 38.1 Å². The lowest BCUT2D eigenvalue weighted by Crippen LogP contribution is -2.30. The van der Waals surface area contributed by atoms with Gasteiger partial charge in [-0.2, -0.15) is 5.10 Å². The molecule has 2 aromatic rings. The van der Waals surface area contributed by atoms with Crippen LogP contribution >= 0.6 is 0 Å². The van der Waals surface area contributed by atoms with Gasteiger partial charge in [-0.15, -0.1) is 0 Å². The van der Waals surface area contributed by atoms with E-state index in [1.807, 2.05) is 13.8 Å². The molecule has 0 bridgehead atoms. The number of aryl methyl sites for hydroxylation is 1. The molecule has 0 spiro atoms. The van der Waals surface area contributed by atoms with Crippen LogP contribution in [0.5, 0.6) is 5.75 Å². The SMILES string of the molecule is CCN(CC)C(=O)c1cc(C(=O)Nc2ccc(OC)cc2)n(C)n1. The molecule has 2 rings (SSSR count). The Balaban J connectivity index is 2.16. The van der Waals surface area contributed by atoms with E-state index in [-0.39, 0.29) is 17.5 Å². The largest absolute Gasteiger partial charge is 0.497 e. The van der Waals surface area contributed by atoms with Crippen molar-refractivity contribution < 1.29 is 14.3 Å². The molecule has 0 aliphatic carbocycles. The summed E-state index contributed by atoms with van der Waals surface area (Å²) in [5, 5.41) is 6.94. The first-order valence-corrected chi connectivity index (χ1v) is 7.78. The second kappa shape index (κ2) is 7.63. The number of amides is 2. The van der Waals surface area contributed by atoms with Gasteiger partial charge >= 0.3 is 0 Å². The number of rotatable bonds is 6. The standard InChI is InChI=1S/C17H22N4O3/c1-5-21(6-2)17(23)14-11-15(20(3)19-14)16(22)18-12-7-9-13(24-4)10-8-12/h7-11H,5-6H2,1-4H3,(H,18,22). The highest BCUT2D eigenvalue weighted by Gasteiger charge is 2.20. The molecule has 0 saturated carbocycles. The van der Waals surface area contributed by atoms with Gasteiger partial charge in [0.15, 0.2) is 5.69 Å². The summed E-state index contributed by atoms with van der Waals surface area (Å²) in [6.45, 7) is 5.00. The number of aromatic nitrogens is 2. The Kier molecular flexibility index (Phi) is 5.57. The lowest BCUT2D eigenvalue weighted by Gasteiger charge is -2.16. The number of anilines is 1. The smallest absolute Gasteiger partial charge is 0.274 e. The predicted molar refractivity (Wildman–Crippen MR) is 91.4 cm³/mol. The molecule has 2 amide bonds. The third-order valence-electron chi connectivity index (χ3n) is 3.73. The van der Waals surface area contributed by atoms with Crippen LogP contribution in [0.3, 0.4) is 0 Å². The van der Waals surface area contributed by atoms with Crippen molar-refractivity contribution in [2.24, 2.45) is 7.05 Å². The number of nitrogens with one attached hydrogen (secondary N) is 1. The Morgan fingerprint density at radius 1 is 1.21 bits per heavy atom. The van der Waals surface area contributed by atoms with E-state index in [4.69, 9.17) is 4.74 Å². The maximum atomic E-state index is 12.4. The third-order valence-corrected chi connectivity index (χ3v) is 3.73. The van der Waals surface area contributed by atoms with E-state index in [0.29, 0.717) is 30.2 Å². The first-order valence-electron chi connectivity index (χ1n) is 7.78. The molecule has 0 unspecified atom stereocenters. The van der Waals surface area contributed by atoms with Crippen molar-refractivity contribution in [1.82, 2.24) is 14.7 Å². The van der Waals surface area contributed by atoms with Gasteiger partial charge in [0.2, 0.25) is 0 Å². The predicted octanol–water partition coefficient (Wildman–Crippen LogP) is 2.16. The van der Waals surface area contributed by atoms with E-state index in [9.17, 15) is 9.59 Å². The van der Waals surface area contributed by atoms with Crippen molar-refractivity contribution in [2.75, 3.05) is 25.5 Å². The summed E-state index contributed by atoms with van der Waals surface area (Å²) in [6, 6.07) is 8.52. The Bertz CT molecular complexity index is 718. The van der Waals surface area contributed by atoms with Gasteiger partial charge in [0.1, 0.15) is 11.4 Å². The van der Waals surface area contributed by atoms with Crippen LogP contribution in [0.1, 0.15) is 34.8 Å². The lowest BCUT2D eigenvalue weighted by molar-refractivity contribution is 0.0766. The number of nitrogens with zero attached hydrogens (tertiary/aromatic N) is 3. The molecule has 0 aliphatic rings. The molecule has 7 heteroatoms. The first kappa shape index (κ1) is 17.5. The van der Waals surface area contributed by atoms with Crippen LogP contribution in [-0.2, 0) is 7.05 Å². The van der Waals surface area contributed by atoms with Crippen LogP contribution in [-0.4, -0.2) is 46.7 Å². The minimum absolute atomic E-state index is 0.181. The van der Waals surface area contributed by atoms with Crippen LogP contribution in [0.25, 0.3) is 0 Å². The van der Waals surface area contributed by atoms with Crippen molar-refractivity contribution >= 4 is 17.5 Å². The van der Waals surface area contributed by atoms with Crippen LogP contribution in [0.15, 0.2) is 30.3 Å². The van der Waals surface area contributed by atoms with Gasteiger partial charge < -0.3 is 15.0 Å². The molecule has 1 heterocycles. The molecule has 7 nitrogen and oxygen atoms in total. The summed E-state index contributed by atoms with van der Waals surface area (Å²) < 4.78 is 6.49. The molecule has 0 aliphatic heterocycles. The van der Waals surface area contributed by atoms with Gasteiger partial charge in [-0.25, -0.2) is 0 Å². The van der Waals surface area contributed by atoms with Crippen molar-refractivity contribution in [2.45, 2.75) is 13.8 Å². The van der Waals surface area contributed by atoms with E-state index in [2.05, 4.69) is 10.4 Å². The molecule has 1 aromatic heterocycles. The Morgan fingerprint density at radius 3 is 2.38 bits per heavy atom. The average molecular weight is 330 g/mol. The normalized spacial score (nSPS) is 10.3. The zero-order valence-corrected chi connectivity index (χ0v) is 14.4. The van der Waals surface area contributed by atoms with E-state index < -0.39 is 0 Å². The minimum atomic E-state index is -0.325. The van der Waals surface area contributed by atoms with Crippen molar-refractivity contribution in [1.29, 1.82) is 0 Å². The quantitative estimate of drug-likeness (QED) is 0.880. The number of hydrogen-bond donors (Lipinski definition) is 1. The molecule has 0 fully saturated rings. The van der Waals surface area contributed by atoms with Crippen LogP contribution in [0.2, 0.25) is 0 Å². The highest BCUT2D eigenvalue weighted by molar-refractivity contribution is 6.04. The molecule has 0 atom stereocenters. The number of carbonyl (C=O) groups excluding carboxylic acids is 2. The topological polar surface area (TPSA) is 76.5 Å². The number of benzene rings is 1. The third kappa shape index (κ3) is 3.73. The van der Waals surface area contributed by atoms with Crippen LogP contribution < -0.4 is 10.1 Å². The maximum Gasteiger partial charge on any atom is 0.274 e. The van der Waals surface area contributed by atoms with E-state index in [0.717, 1.165) is 0 Å². The fraction of sp³-hybridized carbons (Fsp3) is 0.353. The van der Waals surface area contributed by atoms with Crippen molar-refractivity contribution in [3.63, 3.8) is 0 Å². The first-order chi connectivity index (χ1) is 11.5. The Hall–Kier alpha value is -2.83. The summed E-state index contributed by atoms with van der Waals surface area (Å²) >= 11 is 0. The average Bonchev–Trinajstić information content (AvgIpc) is 2.98. The fourth-order valence-electron chi connectivity index (χ4n) is 2.33. The number of ether oxygens (including phenoxy) is 1. The Labute approximate surface area is 141 Å². The number of methoxy groups -OCH3 is 1. The van der Waals surface area contributed by atoms with Gasteiger partial charge in [-0.3, -0.25) is 14.3 Å². The van der Waals surface area contributed by atoms with E-state index in [1.165, 1.54) is 10.7 Å². The van der Waals surface area contributed by atoms with Gasteiger partial charge in [0.25, 0.3) is 11.8 Å². The monoisotopic (exact) mass is 330 g/mol. The molecular formula is C17H22N4O3. The van der Waals surface area contributed by atoms with Crippen LogP contribution in [0, 0.1) is 0 Å². The highest BCUT2D eigenvalue weighted by Crippen LogP contribution is 2.16. The zero-order chi connectivity index (χ0) is 17.7. The summed E-state index contributed by atoms with van der Waals surface area (Å²) in [5.74, 6) is 0.202. The molecule has 1 N–H and O–H groups in total. The summed E-state index contributed by atoms with van der Waals surface area (Å²) in [4.78, 5) is 26.4. The molecule has 1 aromatic carbocycles. The number of hydrogen-bond acceptors (Lipinski definition) is 4. The molecular weight excluding hydrogens is 308 g/mol. The zero-order valence-electron chi connectivity index (χ0n) is 14.4. The molecule has 0 radical (unpaired) electrons. The van der Waals surface area contributed by atoms with E-state index >= 15 is 0 Å². The van der Waals surface area contributed by atoms with Gasteiger partial charge in [0.05, 0.1) is 7.11 Å². The Morgan fingerprint density at radius 2 is 1.83 bits per heavy atom. The molecule has 128 valence electrons. The van der Waals surface area contributed by atoms with E-state index in [1.54, 1.807) is 43.3 Å². The van der Waals surface area contributed by atoms with Crippen molar-refractivity contribution in [3.8, 4) is 5.75 Å². The second-order valence-corrected chi connectivity index (χ2v) is 5.20. The summed E-state index contributed by atoms with van der Waals surface area (Å²) in [5.41, 5.74) is 1.22. The minimum Gasteiger partial charge on any atom is -0.497 e. The van der Waals surface area contributed by atoms with Crippen LogP contribution in [0.4, 0.5) is 5.69 Å². The fourth-order valence-corrected chi connectivity index (χ4v) is 2.33. The summed E-state index contributed by atoms with van der Waals surface area (Å²) in [6.07, 6.45) is 0. The molecule has 0 saturated heterocycles. The summed E-state index contributed by atoms with van der Waals surface area (Å²) in [7, 11) is 3.22. The highest BCUT2D eigenvalue weighted by atomic mass is 16.5. The van der Waals surface area contributed by atoms with Gasteiger partial charge in [0, 0.05) is 31.9 Å². The maximum absolute atomic E-state index is 12.4. The number of carbonyl (C=O) groups is 2. The van der Waals surface area contributed by atoms with Gasteiger partial charge in [-0.1, -0.05) is 0 Å². The second-order valence-electron chi connectivity index (χ2n) is 5.20. The van der Waals surface area contributed by atoms with Crippen molar-refractivity contribution in [3.05, 3.63) is 41.7 Å². The molecule has 24 heavy (non-hydrogen) atoms.